The van der Waals surface area contributed by atoms with Gasteiger partial charge in [-0.15, -0.1) is 0 Å². The smallest absolute Gasteiger partial charge is 0.187 e. The van der Waals surface area contributed by atoms with Crippen molar-refractivity contribution in [2.24, 2.45) is 33.1 Å². The molecule has 0 radical (unpaired) electrons. The molecule has 1 aliphatic carbocycles. The highest BCUT2D eigenvalue weighted by atomic mass is 16.7. The number of hydrogen-bond donors (Lipinski definition) is 10. The molecule has 2 saturated heterocycles. The summed E-state index contributed by atoms with van der Waals surface area (Å²) in [5, 5.41) is 64.8. The van der Waals surface area contributed by atoms with Gasteiger partial charge in [0.2, 0.25) is 0 Å². The molecule has 0 bridgehead atoms. The fraction of sp³-hybridized carbons (Fsp3) is 0.947. The maximum absolute atomic E-state index is 11.3. The summed E-state index contributed by atoms with van der Waals surface area (Å²) in [6.45, 7) is 1.14. The van der Waals surface area contributed by atoms with Crippen molar-refractivity contribution in [1.82, 2.24) is 0 Å². The standard InChI is InChI=1S/C19H36N6O11/c1-4(26)14-12(30)11(29)8(21)17(34-14)35-15-5(20)2-6(25-32)9(27)16(15)36-18-13(31)10(28)7(33-18)3-24-19(22)23/h4-18,26-31H,2-3,20-21H2,1H3,(H4,22,23,24)/t4-,5?,6?,7-,8?,9-,10?,11?,12+,13?,14?,15-,16?,17-,18+/m1/s1. The number of aliphatic hydroxyl groups is 6. The zero-order valence-corrected chi connectivity index (χ0v) is 19.5. The van der Waals surface area contributed by atoms with Gasteiger partial charge >= 0.3 is 0 Å². The predicted molar refractivity (Wildman–Crippen MR) is 120 cm³/mol. The Labute approximate surface area is 205 Å². The summed E-state index contributed by atoms with van der Waals surface area (Å²) in [5.41, 5.74) is 22.7. The average Bonchev–Trinajstić information content (AvgIpc) is 3.09. The van der Waals surface area contributed by atoms with Gasteiger partial charge in [0, 0.05) is 6.04 Å². The largest absolute Gasteiger partial charge is 0.391 e. The number of ether oxygens (including phenoxy) is 4. The third kappa shape index (κ3) is 5.93. The molecule has 8 unspecified atom stereocenters. The maximum Gasteiger partial charge on any atom is 0.187 e. The summed E-state index contributed by atoms with van der Waals surface area (Å²) in [6.07, 6.45) is -17.0. The highest BCUT2D eigenvalue weighted by Crippen LogP contribution is 2.33. The molecule has 3 rings (SSSR count). The van der Waals surface area contributed by atoms with Gasteiger partial charge in [0.25, 0.3) is 0 Å². The molecule has 17 nitrogen and oxygen atoms in total. The Morgan fingerprint density at radius 3 is 2.17 bits per heavy atom. The summed E-state index contributed by atoms with van der Waals surface area (Å²) < 4.78 is 22.7. The molecule has 14 N–H and O–H groups in total. The van der Waals surface area contributed by atoms with E-state index in [1.807, 2.05) is 0 Å². The summed E-state index contributed by atoms with van der Waals surface area (Å²) in [5.74, 6) is -0.265. The van der Waals surface area contributed by atoms with E-state index >= 15 is 0 Å². The van der Waals surface area contributed by atoms with E-state index in [0.29, 0.717) is 0 Å². The molecule has 15 atom stereocenters. The maximum atomic E-state index is 11.3. The van der Waals surface area contributed by atoms with Gasteiger partial charge in [0.05, 0.1) is 18.7 Å². The lowest BCUT2D eigenvalue weighted by Gasteiger charge is -2.47. The van der Waals surface area contributed by atoms with Crippen LogP contribution >= 0.6 is 0 Å². The molecule has 36 heavy (non-hydrogen) atoms. The van der Waals surface area contributed by atoms with E-state index in [9.17, 15) is 35.5 Å². The molecule has 3 fully saturated rings. The quantitative estimate of drug-likeness (QED) is 0.0802. The first-order valence-electron chi connectivity index (χ1n) is 11.5. The Balaban J connectivity index is 1.81. The van der Waals surface area contributed by atoms with Crippen LogP contribution in [-0.4, -0.2) is 135 Å². The van der Waals surface area contributed by atoms with Crippen molar-refractivity contribution in [2.45, 2.75) is 105 Å². The molecule has 0 aromatic carbocycles. The average molecular weight is 525 g/mol. The third-order valence-electron chi connectivity index (χ3n) is 6.64. The lowest BCUT2D eigenvalue weighted by Crippen LogP contribution is -2.67. The van der Waals surface area contributed by atoms with Crippen molar-refractivity contribution in [3.05, 3.63) is 4.91 Å². The number of aliphatic hydroxyl groups excluding tert-OH is 6. The van der Waals surface area contributed by atoms with E-state index in [1.165, 1.54) is 6.92 Å². The van der Waals surface area contributed by atoms with Crippen LogP contribution in [0.25, 0.3) is 0 Å². The van der Waals surface area contributed by atoms with Crippen molar-refractivity contribution in [1.29, 1.82) is 0 Å². The van der Waals surface area contributed by atoms with Gasteiger partial charge in [-0.1, -0.05) is 5.18 Å². The highest BCUT2D eigenvalue weighted by molar-refractivity contribution is 5.75. The first-order chi connectivity index (χ1) is 16.9. The van der Waals surface area contributed by atoms with Crippen LogP contribution in [0.4, 0.5) is 0 Å². The Kier molecular flexibility index (Phi) is 9.52. The summed E-state index contributed by atoms with van der Waals surface area (Å²) in [4.78, 5) is 15.0. The summed E-state index contributed by atoms with van der Waals surface area (Å²) in [6, 6.07) is -3.47. The van der Waals surface area contributed by atoms with Gasteiger partial charge in [-0.2, -0.15) is 4.91 Å². The second-order valence-corrected chi connectivity index (χ2v) is 9.32. The second-order valence-electron chi connectivity index (χ2n) is 9.32. The molecule has 17 heteroatoms. The number of rotatable bonds is 8. The van der Waals surface area contributed by atoms with Gasteiger partial charge in [-0.25, -0.2) is 0 Å². The van der Waals surface area contributed by atoms with E-state index in [4.69, 9.17) is 41.9 Å². The molecule has 0 aromatic rings. The minimum Gasteiger partial charge on any atom is -0.391 e. The molecule has 3 aliphatic rings. The molecule has 0 aromatic heterocycles. The predicted octanol–water partition coefficient (Wildman–Crippen LogP) is -6.14. The van der Waals surface area contributed by atoms with E-state index in [-0.39, 0.29) is 18.9 Å². The molecule has 208 valence electrons. The van der Waals surface area contributed by atoms with E-state index < -0.39 is 91.7 Å². The van der Waals surface area contributed by atoms with Crippen molar-refractivity contribution < 1.29 is 49.6 Å². The first-order valence-corrected chi connectivity index (χ1v) is 11.5. The number of aliphatic imine (C=N–C) groups is 1. The molecule has 1 saturated carbocycles. The van der Waals surface area contributed by atoms with E-state index in [0.717, 1.165) is 0 Å². The van der Waals surface area contributed by atoms with Crippen molar-refractivity contribution in [3.8, 4) is 0 Å². The fourth-order valence-electron chi connectivity index (χ4n) is 4.56. The van der Waals surface area contributed by atoms with Crippen LogP contribution in [0.3, 0.4) is 0 Å². The lowest BCUT2D eigenvalue weighted by molar-refractivity contribution is -0.315. The van der Waals surface area contributed by atoms with Gasteiger partial charge in [-0.05, 0) is 13.3 Å². The third-order valence-corrected chi connectivity index (χ3v) is 6.64. The molecular weight excluding hydrogens is 488 g/mol. The van der Waals surface area contributed by atoms with Crippen LogP contribution in [0, 0.1) is 4.91 Å². The van der Waals surface area contributed by atoms with Crippen LogP contribution in [0.2, 0.25) is 0 Å². The highest BCUT2D eigenvalue weighted by Gasteiger charge is 2.53. The number of nitroso groups, excluding NO2 is 1. The van der Waals surface area contributed by atoms with Crippen LogP contribution in [0.5, 0.6) is 0 Å². The minimum atomic E-state index is -1.59. The summed E-state index contributed by atoms with van der Waals surface area (Å²) in [7, 11) is 0. The second kappa shape index (κ2) is 11.8. The van der Waals surface area contributed by atoms with E-state index in [2.05, 4.69) is 10.2 Å². The Morgan fingerprint density at radius 2 is 1.58 bits per heavy atom. The molecular formula is C19H36N6O11. The van der Waals surface area contributed by atoms with Gasteiger partial charge in [0.15, 0.2) is 18.5 Å². The molecule has 0 amide bonds. The SMILES string of the molecule is C[C@@H](O)C1O[C@H](O[C@@H]2C(N)CC(N=O)[C@@H](O)C2O[C@@H]2O[C@H](CN=C(N)N)C(O)C2O)C(N)C(O)[C@@H]1O. The van der Waals surface area contributed by atoms with Crippen LogP contribution in [0.15, 0.2) is 10.2 Å². The fourth-order valence-corrected chi connectivity index (χ4v) is 4.56. The van der Waals surface area contributed by atoms with Crippen LogP contribution < -0.4 is 22.9 Å². The number of hydrogen-bond acceptors (Lipinski definition) is 15. The lowest BCUT2D eigenvalue weighted by atomic mass is 9.84. The van der Waals surface area contributed by atoms with Crippen molar-refractivity contribution in [2.75, 3.05) is 6.54 Å². The molecule has 2 heterocycles. The zero-order valence-electron chi connectivity index (χ0n) is 19.5. The topological polar surface area (TPSA) is 304 Å². The normalized spacial score (nSPS) is 48.4. The molecule has 2 aliphatic heterocycles. The Morgan fingerprint density at radius 1 is 0.944 bits per heavy atom. The van der Waals surface area contributed by atoms with Gasteiger partial charge in [0.1, 0.15) is 61.0 Å². The Hall–Kier alpha value is -1.61. The van der Waals surface area contributed by atoms with Gasteiger partial charge < -0.3 is 72.5 Å². The zero-order chi connectivity index (χ0) is 26.9. The number of nitrogens with two attached hydrogens (primary N) is 4. The Bertz CT molecular complexity index is 776. The first kappa shape index (κ1) is 29.0. The van der Waals surface area contributed by atoms with E-state index in [1.54, 1.807) is 0 Å². The molecule has 0 spiro atoms. The van der Waals surface area contributed by atoms with Gasteiger partial charge in [-0.3, -0.25) is 4.99 Å². The monoisotopic (exact) mass is 524 g/mol. The minimum absolute atomic E-state index is 0.119. The van der Waals surface area contributed by atoms with Crippen LogP contribution in [-0.2, 0) is 18.9 Å². The number of nitrogens with zero attached hydrogens (tertiary/aromatic N) is 2. The number of guanidine groups is 1. The van der Waals surface area contributed by atoms with Crippen LogP contribution in [0.1, 0.15) is 13.3 Å². The van der Waals surface area contributed by atoms with Crippen molar-refractivity contribution in [3.63, 3.8) is 0 Å². The van der Waals surface area contributed by atoms with Crippen molar-refractivity contribution >= 4 is 5.96 Å². The summed E-state index contributed by atoms with van der Waals surface area (Å²) >= 11 is 0.